The molecule has 0 radical (unpaired) electrons. The lowest BCUT2D eigenvalue weighted by atomic mass is 9.95. The number of piperidine rings is 1. The van der Waals surface area contributed by atoms with Crippen molar-refractivity contribution in [2.45, 2.75) is 26.3 Å². The number of amides is 1. The highest BCUT2D eigenvalue weighted by Gasteiger charge is 2.30. The first-order valence-corrected chi connectivity index (χ1v) is 10.3. The second kappa shape index (κ2) is 8.69. The summed E-state index contributed by atoms with van der Waals surface area (Å²) in [6.07, 6.45) is 7.02. The predicted molar refractivity (Wildman–Crippen MR) is 110 cm³/mol. The maximum absolute atomic E-state index is 13.0. The summed E-state index contributed by atoms with van der Waals surface area (Å²) in [5.41, 5.74) is 2.73. The van der Waals surface area contributed by atoms with Crippen LogP contribution in [-0.4, -0.2) is 64.9 Å². The number of hydrogen-bond acceptors (Lipinski definition) is 5. The predicted octanol–water partition coefficient (Wildman–Crippen LogP) is 2.35. The van der Waals surface area contributed by atoms with Crippen molar-refractivity contribution in [3.05, 3.63) is 54.0 Å². The van der Waals surface area contributed by atoms with Crippen LogP contribution >= 0.6 is 0 Å². The van der Waals surface area contributed by atoms with Crippen LogP contribution < -0.4 is 4.90 Å². The summed E-state index contributed by atoms with van der Waals surface area (Å²) in [6, 6.07) is 8.57. The smallest absolute Gasteiger partial charge is 0.225 e. The lowest BCUT2D eigenvalue weighted by Gasteiger charge is -2.38. The van der Waals surface area contributed by atoms with Crippen molar-refractivity contribution in [1.82, 2.24) is 19.8 Å². The Labute approximate surface area is 167 Å². The van der Waals surface area contributed by atoms with Crippen molar-refractivity contribution in [3.63, 3.8) is 0 Å². The molecule has 0 aliphatic carbocycles. The van der Waals surface area contributed by atoms with Crippen molar-refractivity contribution in [2.24, 2.45) is 5.92 Å². The molecule has 2 fully saturated rings. The third-order valence-corrected chi connectivity index (χ3v) is 6.06. The van der Waals surface area contributed by atoms with E-state index in [0.29, 0.717) is 5.91 Å². The molecule has 1 amide bonds. The molecule has 28 heavy (non-hydrogen) atoms. The van der Waals surface area contributed by atoms with Gasteiger partial charge in [-0.05, 0) is 30.9 Å². The van der Waals surface area contributed by atoms with Gasteiger partial charge in [-0.1, -0.05) is 24.3 Å². The van der Waals surface area contributed by atoms with Crippen molar-refractivity contribution >= 4 is 11.7 Å². The SMILES string of the molecule is Cc1ccccc1CN1CCN(C(=O)C2CCN(c3cnccn3)CC2)CC1. The molecule has 1 aromatic heterocycles. The zero-order valence-corrected chi connectivity index (χ0v) is 16.6. The summed E-state index contributed by atoms with van der Waals surface area (Å²) in [7, 11) is 0. The number of hydrogen-bond donors (Lipinski definition) is 0. The number of rotatable bonds is 4. The molecule has 0 spiro atoms. The lowest BCUT2D eigenvalue weighted by Crippen LogP contribution is -2.51. The molecule has 4 rings (SSSR count). The first kappa shape index (κ1) is 18.9. The topological polar surface area (TPSA) is 52.6 Å². The summed E-state index contributed by atoms with van der Waals surface area (Å²) < 4.78 is 0. The van der Waals surface area contributed by atoms with Crippen LogP contribution in [0, 0.1) is 12.8 Å². The molecule has 2 aliphatic heterocycles. The van der Waals surface area contributed by atoms with E-state index in [0.717, 1.165) is 64.5 Å². The summed E-state index contributed by atoms with van der Waals surface area (Å²) in [5, 5.41) is 0. The Hall–Kier alpha value is -2.47. The number of nitrogens with zero attached hydrogens (tertiary/aromatic N) is 5. The third kappa shape index (κ3) is 4.33. The van der Waals surface area contributed by atoms with Gasteiger partial charge in [-0.2, -0.15) is 0 Å². The highest BCUT2D eigenvalue weighted by molar-refractivity contribution is 5.79. The number of piperazine rings is 1. The van der Waals surface area contributed by atoms with Gasteiger partial charge in [0.05, 0.1) is 6.20 Å². The number of carbonyl (C=O) groups is 1. The van der Waals surface area contributed by atoms with E-state index >= 15 is 0 Å². The van der Waals surface area contributed by atoms with Crippen LogP contribution in [0.1, 0.15) is 24.0 Å². The van der Waals surface area contributed by atoms with Gasteiger partial charge in [0.25, 0.3) is 0 Å². The highest BCUT2D eigenvalue weighted by atomic mass is 16.2. The fraction of sp³-hybridized carbons (Fsp3) is 0.500. The van der Waals surface area contributed by atoms with Crippen LogP contribution in [-0.2, 0) is 11.3 Å². The Morgan fingerprint density at radius 2 is 1.79 bits per heavy atom. The van der Waals surface area contributed by atoms with E-state index in [1.165, 1.54) is 11.1 Å². The Balaban J connectivity index is 1.25. The standard InChI is InChI=1S/C22H29N5O/c1-18-4-2-3-5-20(18)17-25-12-14-27(15-13-25)22(28)19-6-10-26(11-7-19)21-16-23-8-9-24-21/h2-5,8-9,16,19H,6-7,10-15,17H2,1H3. The summed E-state index contributed by atoms with van der Waals surface area (Å²) in [4.78, 5) is 28.3. The molecule has 3 heterocycles. The largest absolute Gasteiger partial charge is 0.355 e. The van der Waals surface area contributed by atoms with Crippen LogP contribution in [0.25, 0.3) is 0 Å². The summed E-state index contributed by atoms with van der Waals surface area (Å²) in [5.74, 6) is 1.41. The van der Waals surface area contributed by atoms with Gasteiger partial charge in [-0.25, -0.2) is 4.98 Å². The molecule has 0 atom stereocenters. The molecule has 0 saturated carbocycles. The molecule has 0 bridgehead atoms. The Morgan fingerprint density at radius 1 is 1.04 bits per heavy atom. The maximum atomic E-state index is 13.0. The number of aryl methyl sites for hydroxylation is 1. The highest BCUT2D eigenvalue weighted by Crippen LogP contribution is 2.23. The zero-order chi connectivity index (χ0) is 19.3. The number of aromatic nitrogens is 2. The van der Waals surface area contributed by atoms with E-state index < -0.39 is 0 Å². The van der Waals surface area contributed by atoms with Gasteiger partial charge in [-0.3, -0.25) is 14.7 Å². The molecule has 6 heteroatoms. The van der Waals surface area contributed by atoms with Crippen molar-refractivity contribution < 1.29 is 4.79 Å². The summed E-state index contributed by atoms with van der Waals surface area (Å²) >= 11 is 0. The van der Waals surface area contributed by atoms with Crippen molar-refractivity contribution in [2.75, 3.05) is 44.2 Å². The van der Waals surface area contributed by atoms with Crippen LogP contribution in [0.2, 0.25) is 0 Å². The minimum Gasteiger partial charge on any atom is -0.355 e. The van der Waals surface area contributed by atoms with E-state index in [2.05, 4.69) is 55.9 Å². The normalized spacial score (nSPS) is 19.0. The van der Waals surface area contributed by atoms with Gasteiger partial charge >= 0.3 is 0 Å². The second-order valence-electron chi connectivity index (χ2n) is 7.85. The summed E-state index contributed by atoms with van der Waals surface area (Å²) in [6.45, 7) is 8.50. The number of carbonyl (C=O) groups excluding carboxylic acids is 1. The maximum Gasteiger partial charge on any atom is 0.225 e. The van der Waals surface area contributed by atoms with Gasteiger partial charge in [0.1, 0.15) is 5.82 Å². The zero-order valence-electron chi connectivity index (χ0n) is 16.6. The lowest BCUT2D eigenvalue weighted by molar-refractivity contribution is -0.138. The number of anilines is 1. The van der Waals surface area contributed by atoms with Gasteiger partial charge in [-0.15, -0.1) is 0 Å². The first-order valence-electron chi connectivity index (χ1n) is 10.3. The molecule has 0 N–H and O–H groups in total. The van der Waals surface area contributed by atoms with E-state index in [1.807, 2.05) is 0 Å². The van der Waals surface area contributed by atoms with Gasteiger partial charge in [0, 0.05) is 64.1 Å². The van der Waals surface area contributed by atoms with Crippen LogP contribution in [0.4, 0.5) is 5.82 Å². The molecule has 148 valence electrons. The quantitative estimate of drug-likeness (QED) is 0.816. The fourth-order valence-corrected chi connectivity index (χ4v) is 4.22. The van der Waals surface area contributed by atoms with Crippen LogP contribution in [0.15, 0.2) is 42.9 Å². The molecule has 2 aromatic rings. The minimum atomic E-state index is 0.149. The number of benzene rings is 1. The third-order valence-electron chi connectivity index (χ3n) is 6.06. The van der Waals surface area contributed by atoms with Crippen LogP contribution in [0.5, 0.6) is 0 Å². The first-order chi connectivity index (χ1) is 13.7. The average molecular weight is 380 g/mol. The Morgan fingerprint density at radius 3 is 2.46 bits per heavy atom. The molecular formula is C22H29N5O. The Bertz CT molecular complexity index is 781. The van der Waals surface area contributed by atoms with Gasteiger partial charge in [0.15, 0.2) is 0 Å². The van der Waals surface area contributed by atoms with Gasteiger partial charge in [0.2, 0.25) is 5.91 Å². The van der Waals surface area contributed by atoms with E-state index in [9.17, 15) is 4.79 Å². The molecular weight excluding hydrogens is 350 g/mol. The monoisotopic (exact) mass is 379 g/mol. The van der Waals surface area contributed by atoms with Gasteiger partial charge < -0.3 is 9.80 Å². The molecule has 2 saturated heterocycles. The minimum absolute atomic E-state index is 0.149. The average Bonchev–Trinajstić information content (AvgIpc) is 2.76. The molecule has 0 unspecified atom stereocenters. The van der Waals surface area contributed by atoms with E-state index in [1.54, 1.807) is 18.6 Å². The van der Waals surface area contributed by atoms with Crippen molar-refractivity contribution in [1.29, 1.82) is 0 Å². The Kier molecular flexibility index (Phi) is 5.86. The van der Waals surface area contributed by atoms with Crippen LogP contribution in [0.3, 0.4) is 0 Å². The van der Waals surface area contributed by atoms with E-state index in [4.69, 9.17) is 0 Å². The molecule has 6 nitrogen and oxygen atoms in total. The second-order valence-corrected chi connectivity index (χ2v) is 7.85. The molecule has 2 aliphatic rings. The van der Waals surface area contributed by atoms with E-state index in [-0.39, 0.29) is 5.92 Å². The van der Waals surface area contributed by atoms with Crippen molar-refractivity contribution in [3.8, 4) is 0 Å². The fourth-order valence-electron chi connectivity index (χ4n) is 4.22. The molecule has 1 aromatic carbocycles.